The summed E-state index contributed by atoms with van der Waals surface area (Å²) in [6, 6.07) is 13.3. The maximum atomic E-state index is 12.1. The molecule has 2 aromatic heterocycles. The zero-order chi connectivity index (χ0) is 17.6. The molecule has 6 nitrogen and oxygen atoms in total. The van der Waals surface area contributed by atoms with E-state index in [-0.39, 0.29) is 5.91 Å². The molecule has 0 fully saturated rings. The van der Waals surface area contributed by atoms with Crippen LogP contribution < -0.4 is 10.1 Å². The third-order valence-corrected chi connectivity index (χ3v) is 3.90. The fraction of sp³-hybridized carbons (Fsp3) is 0.211. The van der Waals surface area contributed by atoms with E-state index in [0.29, 0.717) is 13.0 Å². The zero-order valence-corrected chi connectivity index (χ0v) is 14.3. The molecular formula is C19H20N4O2. The number of benzene rings is 1. The topological polar surface area (TPSA) is 69.0 Å². The highest BCUT2D eigenvalue weighted by Gasteiger charge is 2.09. The summed E-state index contributed by atoms with van der Waals surface area (Å²) < 4.78 is 6.92. The normalized spacial score (nSPS) is 10.5. The zero-order valence-electron chi connectivity index (χ0n) is 14.3. The number of methoxy groups -OCH3 is 1. The van der Waals surface area contributed by atoms with Crippen molar-refractivity contribution in [1.29, 1.82) is 0 Å². The van der Waals surface area contributed by atoms with Crippen molar-refractivity contribution in [2.75, 3.05) is 7.11 Å². The molecule has 1 amide bonds. The molecule has 0 atom stereocenters. The number of aryl methyl sites for hydroxylation is 1. The van der Waals surface area contributed by atoms with Gasteiger partial charge in [-0.3, -0.25) is 14.5 Å². The lowest BCUT2D eigenvalue weighted by atomic mass is 10.1. The van der Waals surface area contributed by atoms with Crippen molar-refractivity contribution in [3.05, 3.63) is 66.1 Å². The predicted octanol–water partition coefficient (Wildman–Crippen LogP) is 2.35. The fourth-order valence-corrected chi connectivity index (χ4v) is 2.59. The Balaban J connectivity index is 1.59. The second kappa shape index (κ2) is 7.61. The second-order valence-electron chi connectivity index (χ2n) is 5.68. The van der Waals surface area contributed by atoms with Crippen LogP contribution in [0.4, 0.5) is 0 Å². The number of nitrogens with zero attached hydrogens (tertiary/aromatic N) is 3. The van der Waals surface area contributed by atoms with Gasteiger partial charge in [0.25, 0.3) is 0 Å². The maximum absolute atomic E-state index is 12.1. The Bertz CT molecular complexity index is 842. The molecule has 0 unspecified atom stereocenters. The molecule has 128 valence electrons. The molecule has 0 spiro atoms. The van der Waals surface area contributed by atoms with Crippen molar-refractivity contribution >= 4 is 5.91 Å². The van der Waals surface area contributed by atoms with Crippen LogP contribution in [0.1, 0.15) is 11.3 Å². The minimum Gasteiger partial charge on any atom is -0.497 e. The van der Waals surface area contributed by atoms with Crippen LogP contribution in [0, 0.1) is 0 Å². The van der Waals surface area contributed by atoms with E-state index in [9.17, 15) is 4.79 Å². The van der Waals surface area contributed by atoms with Gasteiger partial charge in [-0.05, 0) is 35.9 Å². The number of rotatable bonds is 6. The van der Waals surface area contributed by atoms with E-state index in [4.69, 9.17) is 4.74 Å². The van der Waals surface area contributed by atoms with Crippen LogP contribution in [-0.2, 0) is 24.8 Å². The van der Waals surface area contributed by atoms with E-state index in [1.807, 2.05) is 49.5 Å². The van der Waals surface area contributed by atoms with Crippen LogP contribution in [-0.4, -0.2) is 27.8 Å². The van der Waals surface area contributed by atoms with Crippen molar-refractivity contribution in [2.45, 2.75) is 13.0 Å². The van der Waals surface area contributed by atoms with Gasteiger partial charge in [0.05, 0.1) is 31.5 Å². The summed E-state index contributed by atoms with van der Waals surface area (Å²) in [5.41, 5.74) is 3.79. The molecule has 0 aliphatic rings. The molecule has 3 rings (SSSR count). The van der Waals surface area contributed by atoms with Gasteiger partial charge >= 0.3 is 0 Å². The summed E-state index contributed by atoms with van der Waals surface area (Å²) in [6.45, 7) is 0.397. The van der Waals surface area contributed by atoms with E-state index in [0.717, 1.165) is 28.3 Å². The van der Waals surface area contributed by atoms with Gasteiger partial charge < -0.3 is 10.1 Å². The molecule has 0 aliphatic carbocycles. The van der Waals surface area contributed by atoms with Gasteiger partial charge in [-0.25, -0.2) is 0 Å². The molecular weight excluding hydrogens is 316 g/mol. The predicted molar refractivity (Wildman–Crippen MR) is 95.0 cm³/mol. The number of ether oxygens (including phenoxy) is 1. The third-order valence-electron chi connectivity index (χ3n) is 3.90. The molecule has 0 bridgehead atoms. The van der Waals surface area contributed by atoms with E-state index in [1.165, 1.54) is 0 Å². The number of amides is 1. The monoisotopic (exact) mass is 336 g/mol. The van der Waals surface area contributed by atoms with Crippen molar-refractivity contribution in [1.82, 2.24) is 20.1 Å². The molecule has 0 radical (unpaired) electrons. The first kappa shape index (κ1) is 16.7. The van der Waals surface area contributed by atoms with Crippen LogP contribution in [0.5, 0.6) is 5.75 Å². The molecule has 6 heteroatoms. The number of pyridine rings is 1. The highest BCUT2D eigenvalue weighted by atomic mass is 16.5. The highest BCUT2D eigenvalue weighted by molar-refractivity contribution is 5.78. The number of aromatic nitrogens is 3. The number of nitrogens with one attached hydrogen (secondary N) is 1. The summed E-state index contributed by atoms with van der Waals surface area (Å²) >= 11 is 0. The Hall–Kier alpha value is -3.15. The van der Waals surface area contributed by atoms with Gasteiger partial charge in [0.2, 0.25) is 5.91 Å². The van der Waals surface area contributed by atoms with Crippen molar-refractivity contribution in [3.63, 3.8) is 0 Å². The van der Waals surface area contributed by atoms with Crippen molar-refractivity contribution in [3.8, 4) is 17.0 Å². The van der Waals surface area contributed by atoms with E-state index < -0.39 is 0 Å². The highest BCUT2D eigenvalue weighted by Crippen LogP contribution is 2.18. The van der Waals surface area contributed by atoms with E-state index in [1.54, 1.807) is 24.2 Å². The smallest absolute Gasteiger partial charge is 0.224 e. The van der Waals surface area contributed by atoms with Gasteiger partial charge in [0, 0.05) is 25.0 Å². The van der Waals surface area contributed by atoms with Crippen molar-refractivity contribution in [2.24, 2.45) is 7.05 Å². The molecule has 1 N–H and O–H groups in total. The maximum Gasteiger partial charge on any atom is 0.224 e. The Kier molecular flexibility index (Phi) is 5.09. The van der Waals surface area contributed by atoms with Gasteiger partial charge in [-0.1, -0.05) is 12.1 Å². The van der Waals surface area contributed by atoms with Gasteiger partial charge in [-0.2, -0.15) is 5.10 Å². The Labute approximate surface area is 146 Å². The molecule has 0 saturated carbocycles. The van der Waals surface area contributed by atoms with Gasteiger partial charge in [0.1, 0.15) is 5.75 Å². The summed E-state index contributed by atoms with van der Waals surface area (Å²) in [4.78, 5) is 16.1. The van der Waals surface area contributed by atoms with Crippen LogP contribution in [0.2, 0.25) is 0 Å². The molecule has 0 saturated heterocycles. The lowest BCUT2D eigenvalue weighted by molar-refractivity contribution is -0.120. The number of carbonyl (C=O) groups is 1. The van der Waals surface area contributed by atoms with Crippen molar-refractivity contribution < 1.29 is 9.53 Å². The summed E-state index contributed by atoms with van der Waals surface area (Å²) in [5, 5.41) is 7.36. The minimum atomic E-state index is -0.0405. The first-order valence-corrected chi connectivity index (χ1v) is 7.98. The Morgan fingerprint density at radius 3 is 2.56 bits per heavy atom. The Morgan fingerprint density at radius 1 is 1.16 bits per heavy atom. The number of hydrogen-bond acceptors (Lipinski definition) is 4. The molecule has 0 aliphatic heterocycles. The number of carbonyl (C=O) groups excluding carboxylic acids is 1. The van der Waals surface area contributed by atoms with Crippen LogP contribution >= 0.6 is 0 Å². The summed E-state index contributed by atoms with van der Waals surface area (Å²) in [6.07, 6.45) is 3.82. The minimum absolute atomic E-state index is 0.0405. The lowest BCUT2D eigenvalue weighted by Crippen LogP contribution is -2.24. The lowest BCUT2D eigenvalue weighted by Gasteiger charge is -2.04. The van der Waals surface area contributed by atoms with E-state index >= 15 is 0 Å². The standard InChI is InChI=1S/C19H20N4O2/c1-23-18(15-7-9-20-10-8-15)12-16(22-23)13-21-19(24)11-14-3-5-17(25-2)6-4-14/h3-10,12H,11,13H2,1-2H3,(H,21,24). The average Bonchev–Trinajstić information content (AvgIpc) is 3.02. The SMILES string of the molecule is COc1ccc(CC(=O)NCc2cc(-c3ccncc3)n(C)n2)cc1. The molecule has 25 heavy (non-hydrogen) atoms. The largest absolute Gasteiger partial charge is 0.497 e. The molecule has 1 aromatic carbocycles. The van der Waals surface area contributed by atoms with Gasteiger partial charge in [-0.15, -0.1) is 0 Å². The van der Waals surface area contributed by atoms with Crippen LogP contribution in [0.15, 0.2) is 54.9 Å². The number of hydrogen-bond donors (Lipinski definition) is 1. The average molecular weight is 336 g/mol. The van der Waals surface area contributed by atoms with Crippen LogP contribution in [0.25, 0.3) is 11.3 Å². The van der Waals surface area contributed by atoms with Gasteiger partial charge in [0.15, 0.2) is 0 Å². The van der Waals surface area contributed by atoms with E-state index in [2.05, 4.69) is 15.4 Å². The summed E-state index contributed by atoms with van der Waals surface area (Å²) in [7, 11) is 3.51. The fourth-order valence-electron chi connectivity index (χ4n) is 2.59. The third kappa shape index (κ3) is 4.23. The second-order valence-corrected chi connectivity index (χ2v) is 5.68. The Morgan fingerprint density at radius 2 is 1.88 bits per heavy atom. The quantitative estimate of drug-likeness (QED) is 0.750. The first-order chi connectivity index (χ1) is 12.2. The first-order valence-electron chi connectivity index (χ1n) is 7.98. The molecule has 2 heterocycles. The molecule has 3 aromatic rings. The summed E-state index contributed by atoms with van der Waals surface area (Å²) in [5.74, 6) is 0.738. The van der Waals surface area contributed by atoms with Crippen LogP contribution in [0.3, 0.4) is 0 Å².